The van der Waals surface area contributed by atoms with E-state index in [1.54, 1.807) is 6.08 Å². The third-order valence-corrected chi connectivity index (χ3v) is 2.23. The van der Waals surface area contributed by atoms with Gasteiger partial charge in [0.1, 0.15) is 0 Å². The van der Waals surface area contributed by atoms with Crippen molar-refractivity contribution in [2.45, 2.75) is 32.4 Å². The third kappa shape index (κ3) is 5.20. The zero-order valence-electron chi connectivity index (χ0n) is 10.3. The molecular formula is C14H19NO2. The number of alkyl carbamates (subject to hydrolysis) is 1. The van der Waals surface area contributed by atoms with Gasteiger partial charge in [-0.15, -0.1) is 6.58 Å². The van der Waals surface area contributed by atoms with Crippen molar-refractivity contribution in [3.8, 4) is 0 Å². The molecule has 0 saturated heterocycles. The molecule has 1 amide bonds. The summed E-state index contributed by atoms with van der Waals surface area (Å²) in [6.07, 6.45) is 1.92. The minimum absolute atomic E-state index is 0.108. The largest absolute Gasteiger partial charge is 0.447 e. The van der Waals surface area contributed by atoms with Gasteiger partial charge in [0, 0.05) is 0 Å². The molecule has 1 aromatic carbocycles. The van der Waals surface area contributed by atoms with Crippen LogP contribution in [0.2, 0.25) is 0 Å². The smallest absolute Gasteiger partial charge is 0.407 e. The first kappa shape index (κ1) is 13.3. The summed E-state index contributed by atoms with van der Waals surface area (Å²) >= 11 is 0. The fourth-order valence-electron chi connectivity index (χ4n) is 1.46. The summed E-state index contributed by atoms with van der Waals surface area (Å²) in [7, 11) is 0. The topological polar surface area (TPSA) is 38.3 Å². The molecule has 0 fully saturated rings. The van der Waals surface area contributed by atoms with Crippen LogP contribution in [0.4, 0.5) is 4.79 Å². The molecule has 0 bridgehead atoms. The van der Waals surface area contributed by atoms with Gasteiger partial charge in [-0.25, -0.2) is 4.79 Å². The van der Waals surface area contributed by atoms with E-state index in [4.69, 9.17) is 4.74 Å². The highest BCUT2D eigenvalue weighted by Gasteiger charge is 2.11. The lowest BCUT2D eigenvalue weighted by Gasteiger charge is -2.16. The Labute approximate surface area is 102 Å². The van der Waals surface area contributed by atoms with Crippen LogP contribution in [-0.4, -0.2) is 18.2 Å². The van der Waals surface area contributed by atoms with E-state index in [-0.39, 0.29) is 12.1 Å². The van der Waals surface area contributed by atoms with Crippen LogP contribution >= 0.6 is 0 Å². The van der Waals surface area contributed by atoms with Gasteiger partial charge in [0.05, 0.1) is 12.1 Å². The molecule has 0 saturated carbocycles. The SMILES string of the molecule is C=CC(Cc1ccccc1)NC(=O)OC(C)C. The monoisotopic (exact) mass is 233 g/mol. The maximum atomic E-state index is 11.4. The number of ether oxygens (including phenoxy) is 1. The van der Waals surface area contributed by atoms with Crippen LogP contribution in [0.15, 0.2) is 43.0 Å². The van der Waals surface area contributed by atoms with Crippen LogP contribution in [0.25, 0.3) is 0 Å². The standard InChI is InChI=1S/C14H19NO2/c1-4-13(15-14(16)17-11(2)3)10-12-8-6-5-7-9-12/h4-9,11,13H,1,10H2,2-3H3,(H,15,16). The molecule has 0 aliphatic carbocycles. The first-order chi connectivity index (χ1) is 8.11. The normalized spacial score (nSPS) is 11.9. The Morgan fingerprint density at radius 3 is 2.59 bits per heavy atom. The van der Waals surface area contributed by atoms with Gasteiger partial charge < -0.3 is 10.1 Å². The van der Waals surface area contributed by atoms with Gasteiger partial charge in [-0.1, -0.05) is 36.4 Å². The van der Waals surface area contributed by atoms with Crippen LogP contribution in [0.1, 0.15) is 19.4 Å². The molecule has 1 aromatic rings. The van der Waals surface area contributed by atoms with Gasteiger partial charge in [-0.3, -0.25) is 0 Å². The van der Waals surface area contributed by atoms with Gasteiger partial charge >= 0.3 is 6.09 Å². The average molecular weight is 233 g/mol. The predicted octanol–water partition coefficient (Wildman–Crippen LogP) is 2.92. The van der Waals surface area contributed by atoms with Gasteiger partial charge in [-0.05, 0) is 25.8 Å². The molecule has 0 aromatic heterocycles. The van der Waals surface area contributed by atoms with Gasteiger partial charge in [0.2, 0.25) is 0 Å². The zero-order valence-corrected chi connectivity index (χ0v) is 10.3. The van der Waals surface area contributed by atoms with Crippen molar-refractivity contribution in [3.05, 3.63) is 48.6 Å². The first-order valence-electron chi connectivity index (χ1n) is 5.75. The third-order valence-electron chi connectivity index (χ3n) is 2.23. The Hall–Kier alpha value is -1.77. The van der Waals surface area contributed by atoms with Crippen molar-refractivity contribution < 1.29 is 9.53 Å². The molecule has 0 heterocycles. The molecule has 3 heteroatoms. The lowest BCUT2D eigenvalue weighted by molar-refractivity contribution is 0.114. The lowest BCUT2D eigenvalue weighted by atomic mass is 10.1. The number of hydrogen-bond acceptors (Lipinski definition) is 2. The fourth-order valence-corrected chi connectivity index (χ4v) is 1.46. The Bertz CT molecular complexity index is 360. The van der Waals surface area contributed by atoms with E-state index in [9.17, 15) is 4.79 Å². The molecule has 3 nitrogen and oxygen atoms in total. The predicted molar refractivity (Wildman–Crippen MR) is 68.9 cm³/mol. The second-order valence-corrected chi connectivity index (χ2v) is 4.13. The van der Waals surface area contributed by atoms with Crippen molar-refractivity contribution in [1.82, 2.24) is 5.32 Å². The molecule has 17 heavy (non-hydrogen) atoms. The van der Waals surface area contributed by atoms with Crippen LogP contribution in [0.5, 0.6) is 0 Å². The molecule has 0 radical (unpaired) electrons. The zero-order chi connectivity index (χ0) is 12.7. The second-order valence-electron chi connectivity index (χ2n) is 4.13. The highest BCUT2D eigenvalue weighted by atomic mass is 16.6. The second kappa shape index (κ2) is 6.74. The summed E-state index contributed by atoms with van der Waals surface area (Å²) in [5, 5.41) is 2.77. The van der Waals surface area contributed by atoms with Gasteiger partial charge in [-0.2, -0.15) is 0 Å². The maximum absolute atomic E-state index is 11.4. The quantitative estimate of drug-likeness (QED) is 0.794. The van der Waals surface area contributed by atoms with Crippen molar-refractivity contribution in [1.29, 1.82) is 0 Å². The van der Waals surface area contributed by atoms with Crippen LogP contribution in [-0.2, 0) is 11.2 Å². The van der Waals surface area contributed by atoms with Crippen LogP contribution in [0.3, 0.4) is 0 Å². The van der Waals surface area contributed by atoms with E-state index in [1.165, 1.54) is 0 Å². The number of carbonyl (C=O) groups is 1. The molecule has 1 N–H and O–H groups in total. The maximum Gasteiger partial charge on any atom is 0.407 e. The Morgan fingerprint density at radius 1 is 1.41 bits per heavy atom. The number of nitrogens with one attached hydrogen (secondary N) is 1. The van der Waals surface area contributed by atoms with E-state index in [0.717, 1.165) is 12.0 Å². The van der Waals surface area contributed by atoms with Crippen molar-refractivity contribution in [3.63, 3.8) is 0 Å². The van der Waals surface area contributed by atoms with E-state index < -0.39 is 6.09 Å². The van der Waals surface area contributed by atoms with Crippen molar-refractivity contribution in [2.75, 3.05) is 0 Å². The number of hydrogen-bond donors (Lipinski definition) is 1. The molecule has 0 spiro atoms. The number of carbonyl (C=O) groups excluding carboxylic acids is 1. The highest BCUT2D eigenvalue weighted by Crippen LogP contribution is 2.04. The summed E-state index contributed by atoms with van der Waals surface area (Å²) < 4.78 is 5.02. The molecule has 0 aliphatic rings. The van der Waals surface area contributed by atoms with Gasteiger partial charge in [0.15, 0.2) is 0 Å². The Kier molecular flexibility index (Phi) is 5.27. The lowest BCUT2D eigenvalue weighted by Crippen LogP contribution is -2.36. The van der Waals surface area contributed by atoms with E-state index in [0.29, 0.717) is 0 Å². The van der Waals surface area contributed by atoms with E-state index in [1.807, 2.05) is 44.2 Å². The Morgan fingerprint density at radius 2 is 2.06 bits per heavy atom. The summed E-state index contributed by atoms with van der Waals surface area (Å²) in [5.41, 5.74) is 1.15. The van der Waals surface area contributed by atoms with Crippen molar-refractivity contribution >= 4 is 6.09 Å². The number of benzene rings is 1. The molecule has 1 rings (SSSR count). The average Bonchev–Trinajstić information content (AvgIpc) is 2.28. The summed E-state index contributed by atoms with van der Waals surface area (Å²) in [6, 6.07) is 9.85. The molecule has 1 unspecified atom stereocenters. The molecule has 92 valence electrons. The molecule has 1 atom stereocenters. The summed E-state index contributed by atoms with van der Waals surface area (Å²) in [4.78, 5) is 11.4. The van der Waals surface area contributed by atoms with Crippen molar-refractivity contribution in [2.24, 2.45) is 0 Å². The minimum Gasteiger partial charge on any atom is -0.447 e. The Balaban J connectivity index is 2.49. The summed E-state index contributed by atoms with van der Waals surface area (Å²) in [6.45, 7) is 7.36. The minimum atomic E-state index is -0.402. The molecular weight excluding hydrogens is 214 g/mol. The van der Waals surface area contributed by atoms with E-state index >= 15 is 0 Å². The van der Waals surface area contributed by atoms with Crippen LogP contribution < -0.4 is 5.32 Å². The highest BCUT2D eigenvalue weighted by molar-refractivity contribution is 5.68. The van der Waals surface area contributed by atoms with Gasteiger partial charge in [0.25, 0.3) is 0 Å². The number of amides is 1. The summed E-state index contributed by atoms with van der Waals surface area (Å²) in [5.74, 6) is 0. The van der Waals surface area contributed by atoms with E-state index in [2.05, 4.69) is 11.9 Å². The first-order valence-corrected chi connectivity index (χ1v) is 5.75. The fraction of sp³-hybridized carbons (Fsp3) is 0.357. The number of rotatable bonds is 5. The van der Waals surface area contributed by atoms with Crippen LogP contribution in [0, 0.1) is 0 Å². The molecule has 0 aliphatic heterocycles.